The van der Waals surface area contributed by atoms with Crippen molar-refractivity contribution in [2.24, 2.45) is 9.98 Å². The van der Waals surface area contributed by atoms with Crippen molar-refractivity contribution in [3.8, 4) is 0 Å². The lowest BCUT2D eigenvalue weighted by atomic mass is 9.99. The van der Waals surface area contributed by atoms with E-state index in [1.54, 1.807) is 19.3 Å². The fourth-order valence-electron chi connectivity index (χ4n) is 2.47. The van der Waals surface area contributed by atoms with Crippen LogP contribution in [-0.4, -0.2) is 29.3 Å². The van der Waals surface area contributed by atoms with Gasteiger partial charge in [0.1, 0.15) is 17.2 Å². The molecule has 4 nitrogen and oxygen atoms in total. The van der Waals surface area contributed by atoms with Gasteiger partial charge in [-0.05, 0) is 25.5 Å². The molecule has 1 N–H and O–H groups in total. The molecule has 0 saturated carbocycles. The van der Waals surface area contributed by atoms with E-state index in [1.165, 1.54) is 5.56 Å². The molecule has 0 radical (unpaired) electrons. The topological polar surface area (TPSA) is 49.6 Å². The lowest BCUT2D eigenvalue weighted by Crippen LogP contribution is -2.19. The van der Waals surface area contributed by atoms with Gasteiger partial charge < -0.3 is 5.32 Å². The Morgan fingerprint density at radius 3 is 2.92 bits per heavy atom. The van der Waals surface area contributed by atoms with E-state index < -0.39 is 0 Å². The zero-order valence-corrected chi connectivity index (χ0v) is 16.1. The summed E-state index contributed by atoms with van der Waals surface area (Å²) in [6, 6.07) is 2.00. The van der Waals surface area contributed by atoms with Gasteiger partial charge in [-0.3, -0.25) is 9.98 Å². The minimum atomic E-state index is 0.0987. The molecule has 0 unspecified atom stereocenters. The third kappa shape index (κ3) is 5.09. The molecule has 0 bridgehead atoms. The van der Waals surface area contributed by atoms with Gasteiger partial charge in [0.25, 0.3) is 0 Å². The standard InChI is InChI=1S/C20H23FN4S/c1-5-15(3)25-20(26-21)14(2)7-6-8-17-18-12-23-10-9-16(18)11-24-13-19(17)22-4/h5-10,12,24H,2,11,13H2,1,3-4H3/b7-6+,15-5-,17-8-,22-19?,25-20?. The molecule has 1 aliphatic rings. The summed E-state index contributed by atoms with van der Waals surface area (Å²) >= 11 is 0.0987. The lowest BCUT2D eigenvalue weighted by Gasteiger charge is -2.08. The number of aliphatic imine (C=N–C) groups is 2. The smallest absolute Gasteiger partial charge is 0.136 e. The minimum absolute atomic E-state index is 0.0987. The number of nitrogens with one attached hydrogen (secondary N) is 1. The van der Waals surface area contributed by atoms with Gasteiger partial charge in [-0.1, -0.05) is 30.9 Å². The highest BCUT2D eigenvalue weighted by Gasteiger charge is 2.16. The van der Waals surface area contributed by atoms with Gasteiger partial charge in [0, 0.05) is 54.9 Å². The number of nitrogens with zero attached hydrogens (tertiary/aromatic N) is 3. The number of hydrogen-bond donors (Lipinski definition) is 1. The van der Waals surface area contributed by atoms with E-state index in [2.05, 4.69) is 26.9 Å². The zero-order chi connectivity index (χ0) is 18.9. The van der Waals surface area contributed by atoms with Gasteiger partial charge in [0.05, 0.1) is 5.71 Å². The molecule has 26 heavy (non-hydrogen) atoms. The molecule has 1 aromatic heterocycles. The number of pyridine rings is 1. The molecule has 0 aromatic carbocycles. The summed E-state index contributed by atoms with van der Waals surface area (Å²) in [6.45, 7) is 9.04. The Labute approximate surface area is 158 Å². The van der Waals surface area contributed by atoms with E-state index in [4.69, 9.17) is 0 Å². The van der Waals surface area contributed by atoms with Crippen molar-refractivity contribution in [1.29, 1.82) is 0 Å². The Kier molecular flexibility index (Phi) is 7.69. The molecule has 2 heterocycles. The van der Waals surface area contributed by atoms with Gasteiger partial charge in [0.15, 0.2) is 0 Å². The first-order chi connectivity index (χ1) is 12.6. The summed E-state index contributed by atoms with van der Waals surface area (Å²) in [5.41, 5.74) is 5.43. The van der Waals surface area contributed by atoms with E-state index in [9.17, 15) is 3.89 Å². The van der Waals surface area contributed by atoms with E-state index in [0.717, 1.165) is 29.1 Å². The predicted molar refractivity (Wildman–Crippen MR) is 111 cm³/mol. The molecule has 0 spiro atoms. The summed E-state index contributed by atoms with van der Waals surface area (Å²) in [7, 11) is 1.78. The number of aromatic nitrogens is 1. The summed E-state index contributed by atoms with van der Waals surface area (Å²) in [6.07, 6.45) is 11.0. The van der Waals surface area contributed by atoms with Crippen molar-refractivity contribution in [2.45, 2.75) is 20.4 Å². The molecule has 0 atom stereocenters. The van der Waals surface area contributed by atoms with E-state index in [-0.39, 0.29) is 17.2 Å². The van der Waals surface area contributed by atoms with Crippen molar-refractivity contribution in [1.82, 2.24) is 10.3 Å². The Bertz CT molecular complexity index is 819. The Hall–Kier alpha value is -2.31. The van der Waals surface area contributed by atoms with Crippen LogP contribution in [0.2, 0.25) is 0 Å². The maximum Gasteiger partial charge on any atom is 0.136 e. The minimum Gasteiger partial charge on any atom is -0.307 e. The van der Waals surface area contributed by atoms with Crippen molar-refractivity contribution in [3.63, 3.8) is 0 Å². The molecule has 0 saturated heterocycles. The van der Waals surface area contributed by atoms with Gasteiger partial charge in [-0.15, -0.1) is 0 Å². The molecule has 1 aliphatic heterocycles. The first-order valence-corrected chi connectivity index (χ1v) is 9.00. The van der Waals surface area contributed by atoms with Gasteiger partial charge in [0.2, 0.25) is 0 Å². The van der Waals surface area contributed by atoms with Crippen LogP contribution in [0.4, 0.5) is 3.89 Å². The number of allylic oxidation sites excluding steroid dienone is 5. The quantitative estimate of drug-likeness (QED) is 0.475. The zero-order valence-electron chi connectivity index (χ0n) is 15.3. The van der Waals surface area contributed by atoms with Crippen LogP contribution in [-0.2, 0) is 6.54 Å². The van der Waals surface area contributed by atoms with Crippen LogP contribution >= 0.6 is 12.1 Å². The number of fused-ring (bicyclic) bond motifs is 1. The number of halogens is 1. The van der Waals surface area contributed by atoms with Crippen LogP contribution in [0.15, 0.2) is 70.6 Å². The number of rotatable bonds is 4. The van der Waals surface area contributed by atoms with Crippen molar-refractivity contribution in [3.05, 3.63) is 71.7 Å². The second-order valence-corrected chi connectivity index (χ2v) is 6.24. The van der Waals surface area contributed by atoms with Crippen LogP contribution in [0.3, 0.4) is 0 Å². The maximum absolute atomic E-state index is 13.2. The molecule has 0 fully saturated rings. The van der Waals surface area contributed by atoms with Gasteiger partial charge >= 0.3 is 0 Å². The third-order valence-corrected chi connectivity index (χ3v) is 4.49. The molecular formula is C20H23FN4S. The molecule has 136 valence electrons. The fourth-order valence-corrected chi connectivity index (χ4v) is 2.81. The maximum atomic E-state index is 13.2. The molecule has 6 heteroatoms. The van der Waals surface area contributed by atoms with Gasteiger partial charge in [-0.2, -0.15) is 3.89 Å². The highest BCUT2D eigenvalue weighted by atomic mass is 32.2. The molecule has 2 rings (SSSR count). The Morgan fingerprint density at radius 2 is 2.23 bits per heavy atom. The fraction of sp³-hybridized carbons (Fsp3) is 0.250. The van der Waals surface area contributed by atoms with Crippen LogP contribution in [0, 0.1) is 0 Å². The lowest BCUT2D eigenvalue weighted by molar-refractivity contribution is 0.781. The van der Waals surface area contributed by atoms with Crippen molar-refractivity contribution >= 4 is 28.5 Å². The first-order valence-electron chi connectivity index (χ1n) is 8.28. The largest absolute Gasteiger partial charge is 0.307 e. The average Bonchev–Trinajstić information content (AvgIpc) is 2.84. The number of hydrogen-bond acceptors (Lipinski definition) is 5. The summed E-state index contributed by atoms with van der Waals surface area (Å²) < 4.78 is 13.2. The van der Waals surface area contributed by atoms with Crippen LogP contribution in [0.5, 0.6) is 0 Å². The SMILES string of the molecule is C=C(/C=C/C=C1\C(=NC)CNCc2ccncc21)C(=N/C(C)=C\C)SF. The molecule has 0 aliphatic carbocycles. The van der Waals surface area contributed by atoms with E-state index >= 15 is 0 Å². The monoisotopic (exact) mass is 370 g/mol. The van der Waals surface area contributed by atoms with Crippen molar-refractivity contribution in [2.75, 3.05) is 13.6 Å². The molecular weight excluding hydrogens is 347 g/mol. The van der Waals surface area contributed by atoms with E-state index in [1.807, 2.05) is 44.3 Å². The second-order valence-electron chi connectivity index (χ2n) is 5.70. The van der Waals surface area contributed by atoms with Crippen LogP contribution < -0.4 is 5.32 Å². The summed E-state index contributed by atoms with van der Waals surface area (Å²) in [4.78, 5) is 12.8. The van der Waals surface area contributed by atoms with Crippen molar-refractivity contribution < 1.29 is 3.89 Å². The Balaban J connectivity index is 2.33. The highest BCUT2D eigenvalue weighted by molar-refractivity contribution is 8.10. The highest BCUT2D eigenvalue weighted by Crippen LogP contribution is 2.23. The molecule has 0 amide bonds. The molecule has 1 aromatic rings. The summed E-state index contributed by atoms with van der Waals surface area (Å²) in [5, 5.41) is 3.62. The first kappa shape index (κ1) is 20.0. The summed E-state index contributed by atoms with van der Waals surface area (Å²) in [5.74, 6) is 0. The second kappa shape index (κ2) is 9.99. The normalized spacial score (nSPS) is 19.1. The van der Waals surface area contributed by atoms with Crippen LogP contribution in [0.1, 0.15) is 25.0 Å². The average molecular weight is 370 g/mol. The Morgan fingerprint density at radius 1 is 1.42 bits per heavy atom. The predicted octanol–water partition coefficient (Wildman–Crippen LogP) is 4.69. The van der Waals surface area contributed by atoms with Crippen LogP contribution in [0.25, 0.3) is 5.57 Å². The van der Waals surface area contributed by atoms with Gasteiger partial charge in [-0.25, -0.2) is 4.99 Å². The van der Waals surface area contributed by atoms with E-state index in [0.29, 0.717) is 12.1 Å². The third-order valence-electron chi connectivity index (χ3n) is 3.99.